The van der Waals surface area contributed by atoms with Gasteiger partial charge in [-0.2, -0.15) is 5.10 Å². The molecule has 0 radical (unpaired) electrons. The second-order valence-electron chi connectivity index (χ2n) is 3.78. The summed E-state index contributed by atoms with van der Waals surface area (Å²) in [7, 11) is 1.65. The highest BCUT2D eigenvalue weighted by Crippen LogP contribution is 2.23. The zero-order valence-electron chi connectivity index (χ0n) is 10.0. The molecule has 0 saturated carbocycles. The minimum Gasteiger partial charge on any atom is -0.388 e. The molecular formula is C11H11N5O3. The van der Waals surface area contributed by atoms with E-state index in [2.05, 4.69) is 10.4 Å². The number of benzene rings is 1. The van der Waals surface area contributed by atoms with Crippen LogP contribution in [-0.4, -0.2) is 27.7 Å². The topological polar surface area (TPSA) is 116 Å². The van der Waals surface area contributed by atoms with Gasteiger partial charge in [-0.25, -0.2) is 4.68 Å². The molecule has 2 aromatic rings. The molecule has 0 bridgehead atoms. The first-order chi connectivity index (χ1) is 9.01. The van der Waals surface area contributed by atoms with Crippen molar-refractivity contribution in [1.29, 1.82) is 0 Å². The first-order valence-corrected chi connectivity index (χ1v) is 5.33. The Bertz CT molecular complexity index is 650. The van der Waals surface area contributed by atoms with E-state index < -0.39 is 10.8 Å². The van der Waals surface area contributed by atoms with E-state index in [1.54, 1.807) is 13.1 Å². The molecule has 0 aliphatic rings. The number of aromatic nitrogens is 2. The number of rotatable bonds is 4. The summed E-state index contributed by atoms with van der Waals surface area (Å²) in [6, 6.07) is 4.44. The van der Waals surface area contributed by atoms with E-state index in [4.69, 9.17) is 5.73 Å². The maximum Gasteiger partial charge on any atom is 0.273 e. The summed E-state index contributed by atoms with van der Waals surface area (Å²) in [5.41, 5.74) is 6.32. The van der Waals surface area contributed by atoms with Crippen molar-refractivity contribution in [2.24, 2.45) is 5.73 Å². The third-order valence-electron chi connectivity index (χ3n) is 2.53. The van der Waals surface area contributed by atoms with Gasteiger partial charge in [-0.1, -0.05) is 0 Å². The van der Waals surface area contributed by atoms with E-state index in [1.165, 1.54) is 29.2 Å². The van der Waals surface area contributed by atoms with Gasteiger partial charge in [0, 0.05) is 31.1 Å². The monoisotopic (exact) mass is 261 g/mol. The van der Waals surface area contributed by atoms with Crippen LogP contribution in [0.5, 0.6) is 0 Å². The van der Waals surface area contributed by atoms with Crippen LogP contribution in [-0.2, 0) is 0 Å². The predicted molar refractivity (Wildman–Crippen MR) is 68.3 cm³/mol. The van der Waals surface area contributed by atoms with Gasteiger partial charge in [0.2, 0.25) is 0 Å². The molecule has 0 fully saturated rings. The Morgan fingerprint density at radius 1 is 1.47 bits per heavy atom. The summed E-state index contributed by atoms with van der Waals surface area (Å²) in [5, 5.41) is 17.6. The zero-order valence-corrected chi connectivity index (χ0v) is 10.0. The highest BCUT2D eigenvalue weighted by molar-refractivity contribution is 5.92. The quantitative estimate of drug-likeness (QED) is 0.627. The highest BCUT2D eigenvalue weighted by Gasteiger charge is 2.12. The van der Waals surface area contributed by atoms with Gasteiger partial charge in [0.05, 0.1) is 22.4 Å². The lowest BCUT2D eigenvalue weighted by molar-refractivity contribution is -0.384. The van der Waals surface area contributed by atoms with Crippen LogP contribution in [0.2, 0.25) is 0 Å². The molecule has 0 aliphatic carbocycles. The number of nitro benzene ring substituents is 1. The van der Waals surface area contributed by atoms with Crippen molar-refractivity contribution < 1.29 is 9.72 Å². The van der Waals surface area contributed by atoms with Crippen molar-refractivity contribution in [3.05, 3.63) is 46.3 Å². The molecule has 0 aliphatic heterocycles. The number of amides is 1. The van der Waals surface area contributed by atoms with Crippen LogP contribution < -0.4 is 11.1 Å². The fraction of sp³-hybridized carbons (Fsp3) is 0.0909. The van der Waals surface area contributed by atoms with Crippen LogP contribution >= 0.6 is 0 Å². The first kappa shape index (κ1) is 12.6. The molecule has 8 heteroatoms. The fourth-order valence-electron chi connectivity index (χ4n) is 1.57. The Balaban J connectivity index is 2.50. The molecule has 0 saturated heterocycles. The molecule has 0 unspecified atom stereocenters. The highest BCUT2D eigenvalue weighted by atomic mass is 16.6. The summed E-state index contributed by atoms with van der Waals surface area (Å²) in [6.45, 7) is 0. The van der Waals surface area contributed by atoms with Crippen LogP contribution in [0.15, 0.2) is 30.6 Å². The number of carbonyl (C=O) groups is 1. The van der Waals surface area contributed by atoms with Crippen LogP contribution in [0.3, 0.4) is 0 Å². The van der Waals surface area contributed by atoms with Gasteiger partial charge in [-0.3, -0.25) is 14.9 Å². The first-order valence-electron chi connectivity index (χ1n) is 5.33. The third-order valence-corrected chi connectivity index (χ3v) is 2.53. The van der Waals surface area contributed by atoms with Crippen molar-refractivity contribution in [3.63, 3.8) is 0 Å². The average molecular weight is 261 g/mol. The molecule has 98 valence electrons. The molecule has 1 heterocycles. The summed E-state index contributed by atoms with van der Waals surface area (Å²) in [4.78, 5) is 21.3. The average Bonchev–Trinajstić information content (AvgIpc) is 2.87. The smallest absolute Gasteiger partial charge is 0.273 e. The minimum absolute atomic E-state index is 0.0713. The number of carbonyl (C=O) groups excluding carboxylic acids is 1. The SMILES string of the molecule is CNc1cc(-n2cc(C(N)=O)cn2)cc([N+](=O)[O-])c1. The fourth-order valence-corrected chi connectivity index (χ4v) is 1.57. The van der Waals surface area contributed by atoms with E-state index >= 15 is 0 Å². The normalized spacial score (nSPS) is 10.2. The van der Waals surface area contributed by atoms with Gasteiger partial charge in [0.1, 0.15) is 0 Å². The number of anilines is 1. The van der Waals surface area contributed by atoms with Gasteiger partial charge in [-0.15, -0.1) is 0 Å². The Morgan fingerprint density at radius 2 is 2.21 bits per heavy atom. The van der Waals surface area contributed by atoms with Crippen molar-refractivity contribution in [1.82, 2.24) is 9.78 Å². The molecule has 1 amide bonds. The van der Waals surface area contributed by atoms with Crippen molar-refractivity contribution in [2.75, 3.05) is 12.4 Å². The van der Waals surface area contributed by atoms with Crippen LogP contribution in [0, 0.1) is 10.1 Å². The molecule has 0 atom stereocenters. The molecule has 8 nitrogen and oxygen atoms in total. The van der Waals surface area contributed by atoms with Crippen LogP contribution in [0.25, 0.3) is 5.69 Å². The Kier molecular flexibility index (Phi) is 3.15. The lowest BCUT2D eigenvalue weighted by atomic mass is 10.2. The van der Waals surface area contributed by atoms with Crippen molar-refractivity contribution in [2.45, 2.75) is 0 Å². The van der Waals surface area contributed by atoms with E-state index in [0.717, 1.165) is 0 Å². The Morgan fingerprint density at radius 3 is 2.74 bits per heavy atom. The number of nitrogens with zero attached hydrogens (tertiary/aromatic N) is 3. The Labute approximate surface area is 108 Å². The van der Waals surface area contributed by atoms with E-state index in [1.807, 2.05) is 0 Å². The molecule has 3 N–H and O–H groups in total. The number of nitro groups is 1. The predicted octanol–water partition coefficient (Wildman–Crippen LogP) is 0.921. The van der Waals surface area contributed by atoms with Crippen molar-refractivity contribution >= 4 is 17.3 Å². The van der Waals surface area contributed by atoms with Gasteiger partial charge in [0.15, 0.2) is 0 Å². The zero-order chi connectivity index (χ0) is 14.0. The lowest BCUT2D eigenvalue weighted by Gasteiger charge is -2.05. The maximum atomic E-state index is 11.0. The van der Waals surface area contributed by atoms with E-state index in [9.17, 15) is 14.9 Å². The largest absolute Gasteiger partial charge is 0.388 e. The minimum atomic E-state index is -0.606. The molecular weight excluding hydrogens is 250 g/mol. The molecule has 2 rings (SSSR count). The van der Waals surface area contributed by atoms with E-state index in [-0.39, 0.29) is 11.3 Å². The number of nitrogens with two attached hydrogens (primary N) is 1. The number of hydrogen-bond acceptors (Lipinski definition) is 5. The number of primary amides is 1. The number of nitrogens with one attached hydrogen (secondary N) is 1. The van der Waals surface area contributed by atoms with Gasteiger partial charge in [0.25, 0.3) is 11.6 Å². The lowest BCUT2D eigenvalue weighted by Crippen LogP contribution is -2.09. The standard InChI is InChI=1S/C11H11N5O3/c1-13-8-2-9(4-10(3-8)16(18)19)15-6-7(5-14-15)11(12)17/h2-6,13H,1H3,(H2,12,17). The number of hydrogen-bond donors (Lipinski definition) is 2. The van der Waals surface area contributed by atoms with E-state index in [0.29, 0.717) is 11.4 Å². The van der Waals surface area contributed by atoms with Gasteiger partial charge in [-0.05, 0) is 6.07 Å². The third kappa shape index (κ3) is 2.51. The summed E-state index contributed by atoms with van der Waals surface area (Å²) < 4.78 is 1.36. The van der Waals surface area contributed by atoms with Crippen LogP contribution in [0.1, 0.15) is 10.4 Å². The second-order valence-corrected chi connectivity index (χ2v) is 3.78. The Hall–Kier alpha value is -2.90. The maximum absolute atomic E-state index is 11.0. The number of non-ortho nitro benzene ring substituents is 1. The van der Waals surface area contributed by atoms with Gasteiger partial charge >= 0.3 is 0 Å². The van der Waals surface area contributed by atoms with Gasteiger partial charge < -0.3 is 11.1 Å². The second kappa shape index (κ2) is 4.77. The van der Waals surface area contributed by atoms with Crippen LogP contribution in [0.4, 0.5) is 11.4 Å². The van der Waals surface area contributed by atoms with Crippen molar-refractivity contribution in [3.8, 4) is 5.69 Å². The summed E-state index contributed by atoms with van der Waals surface area (Å²) in [5.74, 6) is -0.606. The molecule has 0 spiro atoms. The molecule has 1 aromatic heterocycles. The summed E-state index contributed by atoms with van der Waals surface area (Å²) >= 11 is 0. The summed E-state index contributed by atoms with van der Waals surface area (Å²) in [6.07, 6.45) is 2.72. The molecule has 19 heavy (non-hydrogen) atoms. The molecule has 1 aromatic carbocycles.